The maximum atomic E-state index is 6.56. The van der Waals surface area contributed by atoms with E-state index in [0.29, 0.717) is 0 Å². The van der Waals surface area contributed by atoms with Crippen molar-refractivity contribution in [1.29, 1.82) is 0 Å². The monoisotopic (exact) mass is 241 g/mol. The van der Waals surface area contributed by atoms with E-state index in [-0.39, 0.29) is 5.54 Å². The Morgan fingerprint density at radius 3 is 2.83 bits per heavy atom. The fourth-order valence-electron chi connectivity index (χ4n) is 3.61. The Labute approximate surface area is 107 Å². The summed E-state index contributed by atoms with van der Waals surface area (Å²) in [4.78, 5) is 4.71. The molecule has 2 aliphatic rings. The van der Waals surface area contributed by atoms with Gasteiger partial charge in [0.25, 0.3) is 0 Å². The van der Waals surface area contributed by atoms with E-state index in [2.05, 4.69) is 22.8 Å². The van der Waals surface area contributed by atoms with Gasteiger partial charge < -0.3 is 10.3 Å². The van der Waals surface area contributed by atoms with Crippen molar-refractivity contribution >= 4 is 11.0 Å². The number of aromatic nitrogens is 2. The molecule has 1 aliphatic heterocycles. The highest BCUT2D eigenvalue weighted by Crippen LogP contribution is 2.37. The predicted octanol–water partition coefficient (Wildman–Crippen LogP) is 2.71. The minimum Gasteiger partial charge on any atom is -0.328 e. The molecule has 1 aliphatic carbocycles. The van der Waals surface area contributed by atoms with Gasteiger partial charge in [0.05, 0.1) is 11.0 Å². The zero-order valence-electron chi connectivity index (χ0n) is 10.7. The molecule has 0 bridgehead atoms. The van der Waals surface area contributed by atoms with Gasteiger partial charge in [0.15, 0.2) is 0 Å². The second-order valence-corrected chi connectivity index (χ2v) is 5.85. The van der Waals surface area contributed by atoms with Gasteiger partial charge in [0, 0.05) is 18.5 Å². The second-order valence-electron chi connectivity index (χ2n) is 5.85. The lowest BCUT2D eigenvalue weighted by atomic mass is 9.89. The quantitative estimate of drug-likeness (QED) is 0.834. The van der Waals surface area contributed by atoms with Gasteiger partial charge in [-0.15, -0.1) is 0 Å². The van der Waals surface area contributed by atoms with Crippen LogP contribution in [0.2, 0.25) is 0 Å². The normalized spacial score (nSPS) is 21.6. The molecule has 3 heteroatoms. The summed E-state index contributed by atoms with van der Waals surface area (Å²) in [5.74, 6) is 1.25. The fourth-order valence-corrected chi connectivity index (χ4v) is 3.61. The second kappa shape index (κ2) is 3.58. The molecule has 0 saturated heterocycles. The van der Waals surface area contributed by atoms with Gasteiger partial charge in [-0.05, 0) is 37.0 Å². The van der Waals surface area contributed by atoms with E-state index in [9.17, 15) is 0 Å². The molecular formula is C15H19N3. The molecule has 1 saturated carbocycles. The molecule has 3 nitrogen and oxygen atoms in total. The minimum atomic E-state index is -0.0858. The number of rotatable bonds is 1. The van der Waals surface area contributed by atoms with Gasteiger partial charge >= 0.3 is 0 Å². The van der Waals surface area contributed by atoms with Crippen LogP contribution in [0.4, 0.5) is 0 Å². The molecule has 2 heterocycles. The number of benzene rings is 1. The zero-order valence-corrected chi connectivity index (χ0v) is 10.7. The van der Waals surface area contributed by atoms with Crippen LogP contribution in [0.25, 0.3) is 11.0 Å². The molecule has 1 aromatic carbocycles. The highest BCUT2D eigenvalue weighted by atomic mass is 15.1. The summed E-state index contributed by atoms with van der Waals surface area (Å²) >= 11 is 0. The van der Waals surface area contributed by atoms with Crippen LogP contribution in [0.1, 0.15) is 43.5 Å². The lowest BCUT2D eigenvalue weighted by Gasteiger charge is -2.24. The van der Waals surface area contributed by atoms with E-state index in [0.717, 1.165) is 31.3 Å². The summed E-state index contributed by atoms with van der Waals surface area (Å²) < 4.78 is 2.37. The predicted molar refractivity (Wildman–Crippen MR) is 72.4 cm³/mol. The lowest BCUT2D eigenvalue weighted by Crippen LogP contribution is -2.32. The number of aryl methyl sites for hydroxylation is 2. The van der Waals surface area contributed by atoms with Crippen LogP contribution in [0.15, 0.2) is 18.2 Å². The molecule has 18 heavy (non-hydrogen) atoms. The Hall–Kier alpha value is -1.35. The van der Waals surface area contributed by atoms with Gasteiger partial charge in [-0.25, -0.2) is 4.98 Å². The molecule has 0 radical (unpaired) electrons. The van der Waals surface area contributed by atoms with Gasteiger partial charge in [-0.2, -0.15) is 0 Å². The first kappa shape index (κ1) is 10.6. The van der Waals surface area contributed by atoms with Crippen molar-refractivity contribution in [2.75, 3.05) is 0 Å². The molecule has 1 fully saturated rings. The van der Waals surface area contributed by atoms with Crippen molar-refractivity contribution in [2.24, 2.45) is 5.73 Å². The summed E-state index contributed by atoms with van der Waals surface area (Å²) in [6.45, 7) is 1.12. The van der Waals surface area contributed by atoms with E-state index >= 15 is 0 Å². The first-order chi connectivity index (χ1) is 8.76. The number of nitrogens with zero attached hydrogens (tertiary/aromatic N) is 2. The van der Waals surface area contributed by atoms with E-state index in [1.165, 1.54) is 36.2 Å². The van der Waals surface area contributed by atoms with Gasteiger partial charge in [0.2, 0.25) is 0 Å². The van der Waals surface area contributed by atoms with Gasteiger partial charge in [-0.3, -0.25) is 0 Å². The van der Waals surface area contributed by atoms with Crippen molar-refractivity contribution in [1.82, 2.24) is 9.55 Å². The van der Waals surface area contributed by atoms with Crippen molar-refractivity contribution in [2.45, 2.75) is 50.6 Å². The summed E-state index contributed by atoms with van der Waals surface area (Å²) in [5.41, 5.74) is 10.2. The van der Waals surface area contributed by atoms with E-state index < -0.39 is 0 Å². The summed E-state index contributed by atoms with van der Waals surface area (Å²) in [6.07, 6.45) is 7.13. The summed E-state index contributed by atoms with van der Waals surface area (Å²) in [6, 6.07) is 6.64. The summed E-state index contributed by atoms with van der Waals surface area (Å²) in [7, 11) is 0. The Bertz CT molecular complexity index is 605. The van der Waals surface area contributed by atoms with E-state index in [4.69, 9.17) is 10.7 Å². The Morgan fingerprint density at radius 1 is 1.17 bits per heavy atom. The molecule has 1 aromatic heterocycles. The standard InChI is InChI=1S/C15H19N3/c16-15(7-1-2-8-15)11-5-6-12-13(10-11)18-9-3-4-14(18)17-12/h5-6,10H,1-4,7-9,16H2. The van der Waals surface area contributed by atoms with Crippen LogP contribution in [0, 0.1) is 0 Å². The SMILES string of the molecule is NC1(c2ccc3nc4n(c3c2)CCC4)CCCC1. The van der Waals surface area contributed by atoms with Crippen LogP contribution in [0.5, 0.6) is 0 Å². The van der Waals surface area contributed by atoms with Crippen LogP contribution in [-0.4, -0.2) is 9.55 Å². The highest BCUT2D eigenvalue weighted by molar-refractivity contribution is 5.77. The smallest absolute Gasteiger partial charge is 0.109 e. The number of nitrogens with two attached hydrogens (primary N) is 1. The molecule has 0 spiro atoms. The first-order valence-corrected chi connectivity index (χ1v) is 7.05. The topological polar surface area (TPSA) is 43.8 Å². The molecule has 2 N–H and O–H groups in total. The van der Waals surface area contributed by atoms with Gasteiger partial charge in [-0.1, -0.05) is 18.9 Å². The van der Waals surface area contributed by atoms with Crippen LogP contribution in [0.3, 0.4) is 0 Å². The zero-order chi connectivity index (χ0) is 12.2. The largest absolute Gasteiger partial charge is 0.328 e. The average molecular weight is 241 g/mol. The van der Waals surface area contributed by atoms with Crippen LogP contribution >= 0.6 is 0 Å². The molecule has 2 aromatic rings. The third kappa shape index (κ3) is 1.37. The third-order valence-electron chi connectivity index (χ3n) is 4.68. The maximum absolute atomic E-state index is 6.56. The van der Waals surface area contributed by atoms with Crippen molar-refractivity contribution < 1.29 is 0 Å². The third-order valence-corrected chi connectivity index (χ3v) is 4.68. The Kier molecular flexibility index (Phi) is 2.10. The van der Waals surface area contributed by atoms with E-state index in [1.807, 2.05) is 0 Å². The number of hydrogen-bond acceptors (Lipinski definition) is 2. The molecule has 0 amide bonds. The van der Waals surface area contributed by atoms with Crippen LogP contribution < -0.4 is 5.73 Å². The Balaban J connectivity index is 1.88. The lowest BCUT2D eigenvalue weighted by molar-refractivity contribution is 0.462. The number of hydrogen-bond donors (Lipinski definition) is 1. The fraction of sp³-hybridized carbons (Fsp3) is 0.533. The Morgan fingerprint density at radius 2 is 2.00 bits per heavy atom. The first-order valence-electron chi connectivity index (χ1n) is 7.05. The molecule has 4 rings (SSSR count). The van der Waals surface area contributed by atoms with Gasteiger partial charge in [0.1, 0.15) is 5.82 Å². The molecule has 94 valence electrons. The van der Waals surface area contributed by atoms with Crippen molar-refractivity contribution in [3.8, 4) is 0 Å². The highest BCUT2D eigenvalue weighted by Gasteiger charge is 2.31. The maximum Gasteiger partial charge on any atom is 0.109 e. The average Bonchev–Trinajstić information content (AvgIpc) is 3.03. The minimum absolute atomic E-state index is 0.0858. The van der Waals surface area contributed by atoms with Crippen LogP contribution in [-0.2, 0) is 18.5 Å². The number of imidazole rings is 1. The molecular weight excluding hydrogens is 222 g/mol. The summed E-state index contributed by atoms with van der Waals surface area (Å²) in [5, 5.41) is 0. The number of fused-ring (bicyclic) bond motifs is 3. The van der Waals surface area contributed by atoms with Crippen molar-refractivity contribution in [3.63, 3.8) is 0 Å². The molecule has 0 atom stereocenters. The van der Waals surface area contributed by atoms with E-state index in [1.54, 1.807) is 0 Å². The van der Waals surface area contributed by atoms with Crippen molar-refractivity contribution in [3.05, 3.63) is 29.6 Å². The molecule has 0 unspecified atom stereocenters.